The van der Waals surface area contributed by atoms with Gasteiger partial charge in [0.05, 0.1) is 13.1 Å². The quantitative estimate of drug-likeness (QED) is 0.498. The van der Waals surface area contributed by atoms with Crippen molar-refractivity contribution in [2.75, 3.05) is 13.1 Å². The highest BCUT2D eigenvalue weighted by Gasteiger charge is 2.10. The third kappa shape index (κ3) is 9.53. The molecule has 0 saturated heterocycles. The van der Waals surface area contributed by atoms with Gasteiger partial charge in [0.15, 0.2) is 0 Å². The molecule has 0 unspecified atom stereocenters. The Labute approximate surface area is 94.1 Å². The molecule has 0 bridgehead atoms. The van der Waals surface area contributed by atoms with Gasteiger partial charge in [-0.15, -0.1) is 24.8 Å². The van der Waals surface area contributed by atoms with Crippen LogP contribution >= 0.6 is 24.8 Å². The van der Waals surface area contributed by atoms with E-state index in [1.165, 1.54) is 6.92 Å². The Bertz CT molecular complexity index is 161. The third-order valence-corrected chi connectivity index (χ3v) is 0.928. The van der Waals surface area contributed by atoms with E-state index in [-0.39, 0.29) is 37.9 Å². The van der Waals surface area contributed by atoms with Gasteiger partial charge in [-0.2, -0.15) is 0 Å². The van der Waals surface area contributed by atoms with E-state index in [4.69, 9.17) is 11.5 Å². The van der Waals surface area contributed by atoms with Crippen LogP contribution in [0.5, 0.6) is 0 Å². The molecule has 14 heavy (non-hydrogen) atoms. The third-order valence-electron chi connectivity index (χ3n) is 0.928. The van der Waals surface area contributed by atoms with Crippen molar-refractivity contribution in [3.05, 3.63) is 0 Å². The molecule has 0 aromatic carbocycles. The van der Waals surface area contributed by atoms with Crippen LogP contribution in [0.15, 0.2) is 0 Å². The van der Waals surface area contributed by atoms with Crippen molar-refractivity contribution in [3.63, 3.8) is 0 Å². The second-order valence-electron chi connectivity index (χ2n) is 1.96. The van der Waals surface area contributed by atoms with E-state index in [0.717, 1.165) is 0 Å². The van der Waals surface area contributed by atoms with Crippen LogP contribution in [0, 0.1) is 0 Å². The number of halogens is 2. The molecule has 0 heterocycles. The lowest BCUT2D eigenvalue weighted by molar-refractivity contribution is -0.182. The number of ether oxygens (including phenoxy) is 2. The topological polar surface area (TPSA) is 105 Å². The summed E-state index contributed by atoms with van der Waals surface area (Å²) < 4.78 is 9.02. The number of nitrogens with two attached hydrogens (primary N) is 2. The predicted molar refractivity (Wildman–Crippen MR) is 54.3 cm³/mol. The summed E-state index contributed by atoms with van der Waals surface area (Å²) in [5.41, 5.74) is 9.89. The Balaban J connectivity index is -0.000000605. The molecule has 86 valence electrons. The summed E-state index contributed by atoms with van der Waals surface area (Å²) in [7, 11) is 0. The Kier molecular flexibility index (Phi) is 14.3. The molecule has 0 aliphatic heterocycles. The Morgan fingerprint density at radius 1 is 1.07 bits per heavy atom. The van der Waals surface area contributed by atoms with Gasteiger partial charge < -0.3 is 20.9 Å². The zero-order valence-electron chi connectivity index (χ0n) is 7.60. The Morgan fingerprint density at radius 3 is 1.57 bits per heavy atom. The number of hydrogen-bond acceptors (Lipinski definition) is 6. The molecule has 0 fully saturated rings. The Hall–Kier alpha value is -0.560. The zero-order valence-corrected chi connectivity index (χ0v) is 9.23. The van der Waals surface area contributed by atoms with Gasteiger partial charge in [-0.3, -0.25) is 9.59 Å². The molecule has 0 atom stereocenters. The molecule has 0 aliphatic rings. The summed E-state index contributed by atoms with van der Waals surface area (Å²) in [4.78, 5) is 21.0. The molecule has 6 nitrogen and oxygen atoms in total. The van der Waals surface area contributed by atoms with E-state index in [0.29, 0.717) is 0 Å². The number of esters is 2. The second-order valence-corrected chi connectivity index (χ2v) is 1.96. The second kappa shape index (κ2) is 10.5. The van der Waals surface area contributed by atoms with Gasteiger partial charge in [-0.05, 0) is 0 Å². The summed E-state index contributed by atoms with van der Waals surface area (Å²) >= 11 is 0. The summed E-state index contributed by atoms with van der Waals surface area (Å²) in [6.07, 6.45) is -0.933. The van der Waals surface area contributed by atoms with E-state index in [2.05, 4.69) is 9.47 Å². The molecule has 0 rings (SSSR count). The van der Waals surface area contributed by atoms with Crippen molar-refractivity contribution >= 4 is 36.8 Å². The number of carbonyl (C=O) groups excluding carboxylic acids is 2. The van der Waals surface area contributed by atoms with Crippen molar-refractivity contribution in [3.8, 4) is 0 Å². The number of rotatable bonds is 4. The minimum Gasteiger partial charge on any atom is -0.425 e. The molecular formula is C6H14Cl2N2O4. The molecule has 0 aromatic rings. The molecule has 8 heteroatoms. The first kappa shape index (κ1) is 19.1. The first-order valence-corrected chi connectivity index (χ1v) is 3.39. The minimum absolute atomic E-state index is 0. The van der Waals surface area contributed by atoms with Crippen LogP contribution < -0.4 is 11.5 Å². The minimum atomic E-state index is -0.933. The largest absolute Gasteiger partial charge is 0.425 e. The molecule has 0 aliphatic carbocycles. The lowest BCUT2D eigenvalue weighted by atomic mass is 10.6. The fraction of sp³-hybridized carbons (Fsp3) is 0.667. The van der Waals surface area contributed by atoms with Crippen LogP contribution in [0.2, 0.25) is 0 Å². The molecule has 0 radical (unpaired) electrons. The maximum absolute atomic E-state index is 10.5. The lowest BCUT2D eigenvalue weighted by Crippen LogP contribution is -2.28. The monoisotopic (exact) mass is 248 g/mol. The van der Waals surface area contributed by atoms with E-state index in [9.17, 15) is 9.59 Å². The number of carbonyl (C=O) groups is 2. The van der Waals surface area contributed by atoms with Crippen LogP contribution in [0.3, 0.4) is 0 Å². The smallest absolute Gasteiger partial charge is 0.322 e. The van der Waals surface area contributed by atoms with Crippen molar-refractivity contribution in [1.29, 1.82) is 0 Å². The fourth-order valence-corrected chi connectivity index (χ4v) is 0.490. The van der Waals surface area contributed by atoms with Gasteiger partial charge in [-0.1, -0.05) is 0 Å². The van der Waals surface area contributed by atoms with E-state index < -0.39 is 18.2 Å². The van der Waals surface area contributed by atoms with Crippen LogP contribution in [0.4, 0.5) is 0 Å². The highest BCUT2D eigenvalue weighted by molar-refractivity contribution is 5.85. The van der Waals surface area contributed by atoms with Crippen molar-refractivity contribution in [1.82, 2.24) is 0 Å². The average molecular weight is 249 g/mol. The lowest BCUT2D eigenvalue weighted by Gasteiger charge is -2.12. The van der Waals surface area contributed by atoms with Crippen LogP contribution in [-0.4, -0.2) is 31.3 Å². The normalized spacial score (nSPS) is 8.29. The van der Waals surface area contributed by atoms with Gasteiger partial charge >= 0.3 is 11.9 Å². The van der Waals surface area contributed by atoms with Crippen LogP contribution in [0.25, 0.3) is 0 Å². The number of hydrogen-bond donors (Lipinski definition) is 2. The maximum atomic E-state index is 10.5. The van der Waals surface area contributed by atoms with Gasteiger partial charge in [0, 0.05) is 6.92 Å². The van der Waals surface area contributed by atoms with Crippen molar-refractivity contribution < 1.29 is 19.1 Å². The standard InChI is InChI=1S/C6H12N2O4.2ClH/c1-4(11-5(9)2-7)12-6(10)3-8;;/h4H,2-3,7-8H2,1H3;2*1H. The molecule has 4 N–H and O–H groups in total. The highest BCUT2D eigenvalue weighted by atomic mass is 35.5. The van der Waals surface area contributed by atoms with E-state index in [1.807, 2.05) is 0 Å². The summed E-state index contributed by atoms with van der Waals surface area (Å²) in [5.74, 6) is -1.26. The molecular weight excluding hydrogens is 235 g/mol. The summed E-state index contributed by atoms with van der Waals surface area (Å²) in [5, 5.41) is 0. The van der Waals surface area contributed by atoms with Crippen molar-refractivity contribution in [2.24, 2.45) is 11.5 Å². The molecule has 0 spiro atoms. The average Bonchev–Trinajstić information content (AvgIpc) is 2.03. The van der Waals surface area contributed by atoms with Gasteiger partial charge in [0.25, 0.3) is 0 Å². The van der Waals surface area contributed by atoms with E-state index in [1.54, 1.807) is 0 Å². The molecule has 0 saturated carbocycles. The first-order valence-electron chi connectivity index (χ1n) is 3.39. The van der Waals surface area contributed by atoms with E-state index >= 15 is 0 Å². The maximum Gasteiger partial charge on any atom is 0.322 e. The van der Waals surface area contributed by atoms with Crippen LogP contribution in [0.1, 0.15) is 6.92 Å². The van der Waals surface area contributed by atoms with Gasteiger partial charge in [0.1, 0.15) is 0 Å². The summed E-state index contributed by atoms with van der Waals surface area (Å²) in [6.45, 7) is 0.913. The van der Waals surface area contributed by atoms with Gasteiger partial charge in [-0.25, -0.2) is 0 Å². The SMILES string of the molecule is CC(OC(=O)CN)OC(=O)CN.Cl.Cl. The fourth-order valence-electron chi connectivity index (χ4n) is 0.490. The molecule has 0 aromatic heterocycles. The zero-order chi connectivity index (χ0) is 9.56. The highest BCUT2D eigenvalue weighted by Crippen LogP contribution is 1.93. The van der Waals surface area contributed by atoms with Crippen LogP contribution in [-0.2, 0) is 19.1 Å². The Morgan fingerprint density at radius 2 is 1.36 bits per heavy atom. The summed E-state index contributed by atoms with van der Waals surface area (Å²) in [6, 6.07) is 0. The van der Waals surface area contributed by atoms with Crippen molar-refractivity contribution in [2.45, 2.75) is 13.2 Å². The van der Waals surface area contributed by atoms with Gasteiger partial charge in [0.2, 0.25) is 6.29 Å². The predicted octanol–water partition coefficient (Wildman–Crippen LogP) is -0.820. The molecule has 0 amide bonds. The first-order chi connectivity index (χ1) is 5.60.